The lowest BCUT2D eigenvalue weighted by atomic mass is 9.99. The number of hydrazone groups is 1. The van der Waals surface area contributed by atoms with Gasteiger partial charge in [-0.2, -0.15) is 9.52 Å². The van der Waals surface area contributed by atoms with Crippen LogP contribution in [0.25, 0.3) is 0 Å². The SMILES string of the molecule is CCS(=O)(=O)Nc1ccc(C2=NN(S(C)(=O)=O)[C@@H](c3cccc(F)c3)C2)cc1. The monoisotopic (exact) mass is 425 g/mol. The average molecular weight is 426 g/mol. The van der Waals surface area contributed by atoms with E-state index in [1.54, 1.807) is 30.3 Å². The van der Waals surface area contributed by atoms with E-state index in [0.717, 1.165) is 10.7 Å². The second-order valence-corrected chi connectivity index (χ2v) is 10.3. The van der Waals surface area contributed by atoms with Gasteiger partial charge in [0.1, 0.15) is 5.82 Å². The molecule has 0 unspecified atom stereocenters. The van der Waals surface area contributed by atoms with E-state index in [1.165, 1.54) is 25.1 Å². The molecule has 2 aromatic carbocycles. The van der Waals surface area contributed by atoms with Gasteiger partial charge in [0.2, 0.25) is 20.0 Å². The van der Waals surface area contributed by atoms with Crippen LogP contribution in [0.4, 0.5) is 10.1 Å². The van der Waals surface area contributed by atoms with Gasteiger partial charge < -0.3 is 0 Å². The molecule has 0 amide bonds. The smallest absolute Gasteiger partial charge is 0.247 e. The van der Waals surface area contributed by atoms with Crippen LogP contribution in [0.15, 0.2) is 53.6 Å². The molecule has 1 heterocycles. The molecule has 1 aliphatic rings. The van der Waals surface area contributed by atoms with E-state index in [2.05, 4.69) is 9.82 Å². The van der Waals surface area contributed by atoms with Crippen molar-refractivity contribution in [1.29, 1.82) is 0 Å². The number of anilines is 1. The summed E-state index contributed by atoms with van der Waals surface area (Å²) in [5.41, 5.74) is 2.10. The number of hydrogen-bond acceptors (Lipinski definition) is 5. The summed E-state index contributed by atoms with van der Waals surface area (Å²) >= 11 is 0. The lowest BCUT2D eigenvalue weighted by Crippen LogP contribution is -2.26. The Morgan fingerprint density at radius 3 is 2.39 bits per heavy atom. The third-order valence-corrected chi connectivity index (χ3v) is 6.64. The Bertz CT molecular complexity index is 1110. The van der Waals surface area contributed by atoms with Gasteiger partial charge in [-0.05, 0) is 42.3 Å². The van der Waals surface area contributed by atoms with E-state index >= 15 is 0 Å². The Hall–Kier alpha value is -2.46. The van der Waals surface area contributed by atoms with Crippen molar-refractivity contribution in [2.45, 2.75) is 19.4 Å². The molecule has 1 N–H and O–H groups in total. The first kappa shape index (κ1) is 20.3. The largest absolute Gasteiger partial charge is 0.284 e. The van der Waals surface area contributed by atoms with Gasteiger partial charge in [-0.1, -0.05) is 24.3 Å². The summed E-state index contributed by atoms with van der Waals surface area (Å²) < 4.78 is 64.7. The molecule has 1 atom stereocenters. The Kier molecular flexibility index (Phi) is 5.44. The van der Waals surface area contributed by atoms with Gasteiger partial charge in [0, 0.05) is 12.1 Å². The molecule has 0 radical (unpaired) electrons. The number of benzene rings is 2. The van der Waals surface area contributed by atoms with Crippen molar-refractivity contribution < 1.29 is 21.2 Å². The van der Waals surface area contributed by atoms with Crippen molar-refractivity contribution in [3.8, 4) is 0 Å². The highest BCUT2D eigenvalue weighted by Crippen LogP contribution is 2.35. The predicted octanol–water partition coefficient (Wildman–Crippen LogP) is 2.70. The molecular formula is C18H20FN3O4S2. The van der Waals surface area contributed by atoms with Gasteiger partial charge in [0.25, 0.3) is 0 Å². The highest BCUT2D eigenvalue weighted by Gasteiger charge is 2.34. The lowest BCUT2D eigenvalue weighted by Gasteiger charge is -2.21. The number of nitrogens with zero attached hydrogens (tertiary/aromatic N) is 2. The number of sulfonamides is 2. The van der Waals surface area contributed by atoms with E-state index in [0.29, 0.717) is 22.5 Å². The second kappa shape index (κ2) is 7.51. The maximum absolute atomic E-state index is 13.6. The molecule has 0 aromatic heterocycles. The molecule has 3 rings (SSSR count). The van der Waals surface area contributed by atoms with Gasteiger partial charge in [0.15, 0.2) is 0 Å². The Morgan fingerprint density at radius 2 is 1.82 bits per heavy atom. The Balaban J connectivity index is 1.90. The fourth-order valence-corrected chi connectivity index (χ4v) is 4.46. The topological polar surface area (TPSA) is 95.9 Å². The fraction of sp³-hybridized carbons (Fsp3) is 0.278. The minimum Gasteiger partial charge on any atom is -0.284 e. The normalized spacial score (nSPS) is 17.5. The molecule has 0 spiro atoms. The van der Waals surface area contributed by atoms with Crippen LogP contribution < -0.4 is 4.72 Å². The molecule has 0 saturated heterocycles. The van der Waals surface area contributed by atoms with Crippen molar-refractivity contribution in [2.75, 3.05) is 16.7 Å². The minimum atomic E-state index is -3.66. The van der Waals surface area contributed by atoms with Crippen molar-refractivity contribution >= 4 is 31.4 Å². The molecule has 2 aromatic rings. The van der Waals surface area contributed by atoms with E-state index in [9.17, 15) is 21.2 Å². The summed E-state index contributed by atoms with van der Waals surface area (Å²) in [6.45, 7) is 1.54. The summed E-state index contributed by atoms with van der Waals surface area (Å²) in [6, 6.07) is 11.6. The summed E-state index contributed by atoms with van der Waals surface area (Å²) in [5, 5.41) is 4.24. The molecule has 10 heteroatoms. The fourth-order valence-electron chi connectivity index (χ4n) is 2.91. The molecule has 1 aliphatic heterocycles. The van der Waals surface area contributed by atoms with Crippen LogP contribution in [0.5, 0.6) is 0 Å². The molecule has 28 heavy (non-hydrogen) atoms. The van der Waals surface area contributed by atoms with Gasteiger partial charge >= 0.3 is 0 Å². The molecular weight excluding hydrogens is 405 g/mol. The van der Waals surface area contributed by atoms with E-state index in [-0.39, 0.29) is 12.2 Å². The average Bonchev–Trinajstić information content (AvgIpc) is 3.08. The zero-order chi connectivity index (χ0) is 20.5. The van der Waals surface area contributed by atoms with Crippen molar-refractivity contribution in [2.24, 2.45) is 5.10 Å². The zero-order valence-electron chi connectivity index (χ0n) is 15.3. The molecule has 150 valence electrons. The van der Waals surface area contributed by atoms with Gasteiger partial charge in [0.05, 0.1) is 23.8 Å². The van der Waals surface area contributed by atoms with Gasteiger partial charge in [-0.15, -0.1) is 0 Å². The lowest BCUT2D eigenvalue weighted by molar-refractivity contribution is 0.373. The van der Waals surface area contributed by atoms with Crippen LogP contribution in [0.3, 0.4) is 0 Å². The van der Waals surface area contributed by atoms with Gasteiger partial charge in [-0.25, -0.2) is 21.2 Å². The molecule has 0 fully saturated rings. The van der Waals surface area contributed by atoms with Crippen LogP contribution in [0.2, 0.25) is 0 Å². The Morgan fingerprint density at radius 1 is 1.14 bits per heavy atom. The van der Waals surface area contributed by atoms with E-state index < -0.39 is 31.9 Å². The third kappa shape index (κ3) is 4.50. The van der Waals surface area contributed by atoms with E-state index in [4.69, 9.17) is 0 Å². The number of nitrogens with one attached hydrogen (secondary N) is 1. The number of rotatable bonds is 6. The molecule has 0 aliphatic carbocycles. The third-order valence-electron chi connectivity index (χ3n) is 4.32. The maximum Gasteiger partial charge on any atom is 0.247 e. The Labute approximate surface area is 164 Å². The quantitative estimate of drug-likeness (QED) is 0.770. The maximum atomic E-state index is 13.6. The molecule has 7 nitrogen and oxygen atoms in total. The summed E-state index contributed by atoms with van der Waals surface area (Å²) in [4.78, 5) is 0. The molecule has 0 saturated carbocycles. The second-order valence-electron chi connectivity index (χ2n) is 6.44. The zero-order valence-corrected chi connectivity index (χ0v) is 17.0. The van der Waals surface area contributed by atoms with E-state index in [1.807, 2.05) is 0 Å². The summed E-state index contributed by atoms with van der Waals surface area (Å²) in [7, 11) is -7.04. The van der Waals surface area contributed by atoms with Crippen LogP contribution in [0, 0.1) is 5.82 Å². The predicted molar refractivity (Wildman–Crippen MR) is 107 cm³/mol. The highest BCUT2D eigenvalue weighted by molar-refractivity contribution is 7.92. The number of halogens is 1. The summed E-state index contributed by atoms with van der Waals surface area (Å²) in [6.07, 6.45) is 1.32. The van der Waals surface area contributed by atoms with Crippen molar-refractivity contribution in [1.82, 2.24) is 4.41 Å². The molecule has 0 bridgehead atoms. The van der Waals surface area contributed by atoms with Crippen LogP contribution in [-0.2, 0) is 20.0 Å². The first-order chi connectivity index (χ1) is 13.1. The van der Waals surface area contributed by atoms with Crippen molar-refractivity contribution in [3.63, 3.8) is 0 Å². The first-order valence-corrected chi connectivity index (χ1v) is 12.0. The van der Waals surface area contributed by atoms with Gasteiger partial charge in [-0.3, -0.25) is 4.72 Å². The first-order valence-electron chi connectivity index (χ1n) is 8.52. The number of hydrogen-bond donors (Lipinski definition) is 1. The van der Waals surface area contributed by atoms with Crippen LogP contribution in [-0.4, -0.2) is 39.0 Å². The van der Waals surface area contributed by atoms with Crippen LogP contribution >= 0.6 is 0 Å². The summed E-state index contributed by atoms with van der Waals surface area (Å²) in [5.74, 6) is -0.493. The minimum absolute atomic E-state index is 0.0416. The van der Waals surface area contributed by atoms with Crippen LogP contribution in [0.1, 0.15) is 30.5 Å². The highest BCUT2D eigenvalue weighted by atomic mass is 32.2. The standard InChI is InChI=1S/C18H20FN3O4S2/c1-3-28(25,26)21-16-9-7-13(8-10-16)17-12-18(22(20-17)27(2,23)24)14-5-4-6-15(19)11-14/h4-11,18,21H,3,12H2,1-2H3/t18-/m1/s1. The van der Waals surface area contributed by atoms with Crippen molar-refractivity contribution in [3.05, 3.63) is 65.5 Å².